The molecule has 2 saturated heterocycles. The number of aromatic nitrogens is 2. The number of halogens is 3. The maximum absolute atomic E-state index is 16.2. The summed E-state index contributed by atoms with van der Waals surface area (Å²) in [6, 6.07) is 5.76. The summed E-state index contributed by atoms with van der Waals surface area (Å²) in [4.78, 5) is 182. The van der Waals surface area contributed by atoms with Gasteiger partial charge in [0.25, 0.3) is 0 Å². The van der Waals surface area contributed by atoms with Crippen LogP contribution >= 0.6 is 0 Å². The lowest BCUT2D eigenvalue weighted by Crippen LogP contribution is -2.64. The van der Waals surface area contributed by atoms with E-state index in [0.29, 0.717) is 40.1 Å². The summed E-state index contributed by atoms with van der Waals surface area (Å²) in [5, 5.41) is 35.5. The lowest BCUT2D eigenvalue weighted by atomic mass is 9.94. The average Bonchev–Trinajstić information content (AvgIpc) is 1.68. The van der Waals surface area contributed by atoms with Crippen LogP contribution in [0.25, 0.3) is 21.8 Å². The van der Waals surface area contributed by atoms with E-state index in [4.69, 9.17) is 20.9 Å². The number of aliphatic hydroxyl groups excluding tert-OH is 1. The topological polar surface area (TPSA) is 442 Å². The second-order valence-corrected chi connectivity index (χ2v) is 29.1. The van der Waals surface area contributed by atoms with Gasteiger partial charge in [0.1, 0.15) is 95.8 Å². The van der Waals surface area contributed by atoms with E-state index in [0.717, 1.165) is 17.9 Å². The Labute approximate surface area is 626 Å². The molecule has 12 atom stereocenters. The van der Waals surface area contributed by atoms with Gasteiger partial charge in [0, 0.05) is 78.3 Å². The van der Waals surface area contributed by atoms with E-state index in [9.17, 15) is 48.3 Å². The van der Waals surface area contributed by atoms with Crippen LogP contribution < -0.4 is 68.8 Å². The Morgan fingerprint density at radius 2 is 1.31 bits per heavy atom. The third kappa shape index (κ3) is 21.0. The average molecular weight is 1520 g/mol. The van der Waals surface area contributed by atoms with E-state index in [1.807, 2.05) is 0 Å². The number of hydrogen-bond donors (Lipinski definition) is 14. The van der Waals surface area contributed by atoms with Crippen molar-refractivity contribution in [2.24, 2.45) is 16.9 Å². The van der Waals surface area contributed by atoms with Crippen molar-refractivity contribution in [2.75, 3.05) is 39.9 Å². The number of carbonyl (C=O) groups is 12. The third-order valence-corrected chi connectivity index (χ3v) is 19.8. The Hall–Kier alpha value is -11.1. The molecule has 586 valence electrons. The summed E-state index contributed by atoms with van der Waals surface area (Å²) < 4.78 is 57.6. The van der Waals surface area contributed by atoms with Gasteiger partial charge in [0.2, 0.25) is 70.9 Å². The van der Waals surface area contributed by atoms with Gasteiger partial charge >= 0.3 is 0 Å². The van der Waals surface area contributed by atoms with Crippen molar-refractivity contribution < 1.29 is 85.3 Å². The number of hydrogen-bond acceptors (Lipinski definition) is 16. The minimum absolute atomic E-state index is 0.0152. The number of carbonyl (C=O) groups excluding carboxylic acids is 12. The Balaban J connectivity index is 1.08. The van der Waals surface area contributed by atoms with Gasteiger partial charge < -0.3 is 93.7 Å². The first kappa shape index (κ1) is 82.0. The van der Waals surface area contributed by atoms with Crippen molar-refractivity contribution in [3.8, 4) is 11.5 Å². The van der Waals surface area contributed by atoms with E-state index in [-0.39, 0.29) is 86.7 Å². The molecule has 16 N–H and O–H groups in total. The summed E-state index contributed by atoms with van der Waals surface area (Å²) >= 11 is 0. The number of rotatable bonds is 14. The smallest absolute Gasteiger partial charge is 0.246 e. The highest BCUT2D eigenvalue weighted by Gasteiger charge is 2.50. The molecule has 4 aliphatic heterocycles. The fourth-order valence-electron chi connectivity index (χ4n) is 13.5. The number of nitrogens with one attached hydrogen (secondary N) is 11. The van der Waals surface area contributed by atoms with E-state index in [1.165, 1.54) is 68.6 Å². The molecule has 0 aliphatic carbocycles. The molecule has 0 unspecified atom stereocenters. The normalized spacial score (nSPS) is 25.0. The largest absolute Gasteiger partial charge is 0.497 e. The van der Waals surface area contributed by atoms with Crippen molar-refractivity contribution in [3.05, 3.63) is 131 Å². The predicted octanol–water partition coefficient (Wildman–Crippen LogP) is 1.36. The first-order valence-electron chi connectivity index (χ1n) is 36.2. The number of amides is 12. The molecular formula is C76H96F3N15O15. The van der Waals surface area contributed by atoms with Gasteiger partial charge in [-0.15, -0.1) is 0 Å². The van der Waals surface area contributed by atoms with Crippen LogP contribution in [0.3, 0.4) is 0 Å². The molecule has 33 heteroatoms. The summed E-state index contributed by atoms with van der Waals surface area (Å²) in [7, 11) is 1.45. The van der Waals surface area contributed by atoms with Crippen molar-refractivity contribution >= 4 is 92.7 Å². The van der Waals surface area contributed by atoms with Crippen molar-refractivity contribution in [3.63, 3.8) is 0 Å². The van der Waals surface area contributed by atoms with Crippen molar-refractivity contribution in [1.82, 2.24) is 67.6 Å². The number of fused-ring (bicyclic) bond motifs is 32. The monoisotopic (exact) mass is 1520 g/mol. The number of ether oxygens (including phenoxy) is 2. The van der Waals surface area contributed by atoms with Crippen LogP contribution in [-0.4, -0.2) is 208 Å². The molecule has 2 bridgehead atoms. The molecule has 4 aromatic carbocycles. The van der Waals surface area contributed by atoms with E-state index in [2.05, 4.69) is 57.8 Å². The van der Waals surface area contributed by atoms with Gasteiger partial charge in [-0.2, -0.15) is 0 Å². The number of unbranched alkanes of at least 4 members (excludes halogenated alkanes) is 1. The van der Waals surface area contributed by atoms with Gasteiger partial charge in [0.05, 0.1) is 32.7 Å². The zero-order valence-electron chi connectivity index (χ0n) is 61.7. The SMILES string of the molecule is COc1ccc(C[C@@H]2NC(=O)[C@H]([C@@H](C)O)NC(=O)[C@@H]3C[C@H](F)CN3C(=O)[C@H](Cc3c[nH]c4ccc(F)cc34)NC(=O)[C@H](Cc3c[nH]c4ccc(F)cc34)NC(=O)[C@@H](C)NC(=O)[C@H](CCCCN)NC(=O)[C@@H](NC(=O)C(C)(C)C)CC(=O)NCCOc3ccc(cc3)C[C@@H](C(N)=O)NC(=O)[C@]3(C)CCCN3C2=O)cc1. The van der Waals surface area contributed by atoms with Crippen molar-refractivity contribution in [2.45, 2.75) is 184 Å². The zero-order valence-corrected chi connectivity index (χ0v) is 61.7. The van der Waals surface area contributed by atoms with Crippen LogP contribution in [0.5, 0.6) is 11.5 Å². The summed E-state index contributed by atoms with van der Waals surface area (Å²) in [6.45, 7) is 7.84. The first-order valence-corrected chi connectivity index (χ1v) is 36.2. The molecule has 0 spiro atoms. The summed E-state index contributed by atoms with van der Waals surface area (Å²) in [5.41, 5.74) is 11.3. The number of benzene rings is 4. The van der Waals surface area contributed by atoms with Gasteiger partial charge in [-0.25, -0.2) is 13.2 Å². The van der Waals surface area contributed by atoms with E-state index >= 15 is 27.6 Å². The van der Waals surface area contributed by atoms with Crippen LogP contribution in [0.15, 0.2) is 97.3 Å². The number of methoxy groups -OCH3 is 1. The van der Waals surface area contributed by atoms with Gasteiger partial charge in [0.15, 0.2) is 0 Å². The van der Waals surface area contributed by atoms with Crippen LogP contribution in [0.1, 0.15) is 109 Å². The molecule has 6 heterocycles. The van der Waals surface area contributed by atoms with Crippen molar-refractivity contribution in [1.29, 1.82) is 0 Å². The van der Waals surface area contributed by atoms with Gasteiger partial charge in [-0.1, -0.05) is 45.0 Å². The van der Waals surface area contributed by atoms with Gasteiger partial charge in [-0.05, 0) is 142 Å². The first-order chi connectivity index (χ1) is 51.7. The number of aromatic amines is 2. The molecule has 12 amide bonds. The minimum Gasteiger partial charge on any atom is -0.497 e. The standard InChI is InChI=1S/C76H96F3N15O15/c1-40-65(98)87-57(31-44-37-83-53-22-16-46(77)33-51(44)53)67(100)88-60(32-45-38-84-54-23-17-47(78)34-52(45)54)71(104)93-39-48(79)35-61(93)69(102)92-63(41(2)95)70(103)89-59(30-43-12-18-49(108-7)19-13-43)72(105)94-27-10-24-76(94,6)74(107)90-56(64(81)97)29-42-14-20-50(21-15-42)109-28-26-82-62(96)36-58(91-73(106)75(3,4)5)68(101)86-55(66(99)85-40)11-8-9-25-80/h12-23,33-34,37-38,40-41,48,55-61,63,83-84,95H,8-11,24-32,35-36,39,80H2,1-7H3,(H2,81,97)(H,82,96)(H,85,99)(H,86,101)(H,87,98)(H,88,100)(H,89,103)(H,90,107)(H,91,106)(H,92,102)/t40-,41-,48+,55+,56+,57+,58+,59+,60+,61+,63+,76+/m1/s1. The Kier molecular flexibility index (Phi) is 27.2. The Morgan fingerprint density at radius 3 is 1.92 bits per heavy atom. The molecule has 4 aliphatic rings. The van der Waals surface area contributed by atoms with Crippen LogP contribution in [0, 0.1) is 17.0 Å². The molecule has 6 aromatic rings. The number of nitrogens with two attached hydrogens (primary N) is 2. The maximum atomic E-state index is 16.2. The molecule has 0 saturated carbocycles. The predicted molar refractivity (Wildman–Crippen MR) is 393 cm³/mol. The maximum Gasteiger partial charge on any atom is 0.246 e. The van der Waals surface area contributed by atoms with E-state index < -0.39 is 192 Å². The number of primary amides is 1. The zero-order chi connectivity index (χ0) is 79.2. The number of aliphatic hydroxyl groups is 1. The lowest BCUT2D eigenvalue weighted by Gasteiger charge is -2.37. The van der Waals surface area contributed by atoms with Gasteiger partial charge in [-0.3, -0.25) is 57.5 Å². The summed E-state index contributed by atoms with van der Waals surface area (Å²) in [6.07, 6.45) is -2.44. The fourth-order valence-corrected chi connectivity index (χ4v) is 13.5. The molecule has 0 radical (unpaired) electrons. The molecule has 10 rings (SSSR count). The number of nitrogens with zero attached hydrogens (tertiary/aromatic N) is 2. The fraction of sp³-hybridized carbons (Fsp3) is 0.474. The molecule has 109 heavy (non-hydrogen) atoms. The molecular weight excluding hydrogens is 1420 g/mol. The lowest BCUT2D eigenvalue weighted by molar-refractivity contribution is -0.147. The van der Waals surface area contributed by atoms with E-state index in [1.54, 1.807) is 69.3 Å². The molecule has 2 fully saturated rings. The highest BCUT2D eigenvalue weighted by molar-refractivity contribution is 6.01. The highest BCUT2D eigenvalue weighted by Crippen LogP contribution is 2.32. The second-order valence-electron chi connectivity index (χ2n) is 29.1. The van der Waals surface area contributed by atoms with Crippen LogP contribution in [0.4, 0.5) is 13.2 Å². The molecule has 30 nitrogen and oxygen atoms in total. The third-order valence-electron chi connectivity index (χ3n) is 19.8. The Bertz CT molecular complexity index is 4340. The van der Waals surface area contributed by atoms with Crippen LogP contribution in [0.2, 0.25) is 0 Å². The highest BCUT2D eigenvalue weighted by atomic mass is 19.1. The minimum atomic E-state index is -1.93. The number of H-pyrrole nitrogens is 2. The Morgan fingerprint density at radius 1 is 0.716 bits per heavy atom. The number of alkyl halides is 1. The second kappa shape index (κ2) is 36.2. The quantitative estimate of drug-likeness (QED) is 0.0541. The summed E-state index contributed by atoms with van der Waals surface area (Å²) in [5.74, 6) is -11.7. The van der Waals surface area contributed by atoms with Crippen LogP contribution in [-0.2, 0) is 83.2 Å². The molecule has 2 aromatic heterocycles.